The number of allylic oxidation sites excluding steroid dienone is 6. The van der Waals surface area contributed by atoms with Crippen molar-refractivity contribution in [3.05, 3.63) is 36.5 Å². The quantitative estimate of drug-likeness (QED) is 0.0268. The Hall–Kier alpha value is -2.08. The van der Waals surface area contributed by atoms with E-state index in [1.807, 2.05) is 0 Å². The maximum Gasteiger partial charge on any atom is 0.306 e. The minimum absolute atomic E-state index is 0.222. The van der Waals surface area contributed by atoms with E-state index in [9.17, 15) is 30.0 Å². The first kappa shape index (κ1) is 53.9. The summed E-state index contributed by atoms with van der Waals surface area (Å²) < 4.78 is 22.2. The molecule has 0 radical (unpaired) electrons. The van der Waals surface area contributed by atoms with Crippen molar-refractivity contribution in [3.63, 3.8) is 0 Å². The van der Waals surface area contributed by atoms with Gasteiger partial charge in [0.2, 0.25) is 0 Å². The normalized spacial score (nSPS) is 20.4. The lowest BCUT2D eigenvalue weighted by Crippen LogP contribution is -2.59. The molecule has 6 atom stereocenters. The van der Waals surface area contributed by atoms with Crippen LogP contribution in [-0.2, 0) is 28.5 Å². The molecule has 0 spiro atoms. The third kappa shape index (κ3) is 30.0. The number of ether oxygens (including phenoxy) is 4. The maximum absolute atomic E-state index is 12.8. The number of unbranched alkanes of at least 4 members (excludes halogenated alkanes) is 22. The molecule has 58 heavy (non-hydrogen) atoms. The second-order valence-electron chi connectivity index (χ2n) is 16.2. The van der Waals surface area contributed by atoms with Gasteiger partial charge in [-0.1, -0.05) is 153 Å². The van der Waals surface area contributed by atoms with Crippen molar-refractivity contribution in [3.8, 4) is 0 Å². The van der Waals surface area contributed by atoms with Crippen LogP contribution in [0.15, 0.2) is 36.5 Å². The molecule has 0 aliphatic carbocycles. The van der Waals surface area contributed by atoms with Crippen molar-refractivity contribution in [2.24, 2.45) is 0 Å². The Morgan fingerprint density at radius 1 is 0.534 bits per heavy atom. The first-order valence-electron chi connectivity index (χ1n) is 23.6. The van der Waals surface area contributed by atoms with Crippen molar-refractivity contribution in [1.29, 1.82) is 0 Å². The summed E-state index contributed by atoms with van der Waals surface area (Å²) in [4.78, 5) is 25.4. The fraction of sp³-hybridized carbons (Fsp3) is 0.833. The van der Waals surface area contributed by atoms with E-state index in [0.717, 1.165) is 64.2 Å². The summed E-state index contributed by atoms with van der Waals surface area (Å²) in [6.45, 7) is 3.38. The van der Waals surface area contributed by atoms with Gasteiger partial charge in [0.05, 0.1) is 13.2 Å². The molecule has 4 N–H and O–H groups in total. The zero-order chi connectivity index (χ0) is 42.3. The molecule has 10 heteroatoms. The highest BCUT2D eigenvalue weighted by atomic mass is 16.7. The second-order valence-corrected chi connectivity index (χ2v) is 16.2. The van der Waals surface area contributed by atoms with E-state index in [1.165, 1.54) is 96.3 Å². The topological polar surface area (TPSA) is 152 Å². The molecular formula is C48H86O10. The Kier molecular flexibility index (Phi) is 36.3. The minimum Gasteiger partial charge on any atom is -0.462 e. The third-order valence-electron chi connectivity index (χ3n) is 10.7. The van der Waals surface area contributed by atoms with E-state index in [-0.39, 0.29) is 32.0 Å². The van der Waals surface area contributed by atoms with Crippen LogP contribution >= 0.6 is 0 Å². The Bertz CT molecular complexity index is 1040. The van der Waals surface area contributed by atoms with E-state index < -0.39 is 49.4 Å². The summed E-state index contributed by atoms with van der Waals surface area (Å²) in [5, 5.41) is 40.1. The number of hydrogen-bond acceptors (Lipinski definition) is 10. The fourth-order valence-electron chi connectivity index (χ4n) is 6.98. The Morgan fingerprint density at radius 3 is 1.48 bits per heavy atom. The molecule has 1 saturated heterocycles. The number of hydrogen-bond donors (Lipinski definition) is 4. The van der Waals surface area contributed by atoms with Crippen LogP contribution in [0.4, 0.5) is 0 Å². The summed E-state index contributed by atoms with van der Waals surface area (Å²) >= 11 is 0. The average Bonchev–Trinajstić information content (AvgIpc) is 3.22. The lowest BCUT2D eigenvalue weighted by atomic mass is 9.99. The van der Waals surface area contributed by atoms with Crippen molar-refractivity contribution in [2.75, 3.05) is 19.8 Å². The van der Waals surface area contributed by atoms with Gasteiger partial charge in [0.15, 0.2) is 12.4 Å². The predicted molar refractivity (Wildman–Crippen MR) is 233 cm³/mol. The van der Waals surface area contributed by atoms with Crippen LogP contribution < -0.4 is 0 Å². The van der Waals surface area contributed by atoms with Crippen molar-refractivity contribution in [1.82, 2.24) is 0 Å². The largest absolute Gasteiger partial charge is 0.462 e. The number of aliphatic hydroxyl groups is 4. The van der Waals surface area contributed by atoms with E-state index in [1.54, 1.807) is 0 Å². The van der Waals surface area contributed by atoms with Crippen LogP contribution in [0, 0.1) is 0 Å². The van der Waals surface area contributed by atoms with E-state index in [2.05, 4.69) is 50.3 Å². The molecule has 0 bridgehead atoms. The van der Waals surface area contributed by atoms with Gasteiger partial charge < -0.3 is 39.4 Å². The standard InChI is InChI=1S/C48H86O10/c1-3-5-7-9-11-13-15-17-19-20-21-22-23-25-27-29-31-33-35-37-44(51)57-41(40-56-48-47(54)46(53)45(52)42(38-49)58-48)39-55-43(50)36-34-32-30-28-26-24-18-16-14-12-10-8-6-4-2/h11,13,16-19,41-42,45-49,52-54H,3-10,12,14-15,20-40H2,1-2H3/b13-11-,18-16-,19-17-. The molecule has 1 aliphatic rings. The third-order valence-corrected chi connectivity index (χ3v) is 10.7. The van der Waals surface area contributed by atoms with Crippen LogP contribution in [0.1, 0.15) is 200 Å². The smallest absolute Gasteiger partial charge is 0.306 e. The molecule has 0 aromatic carbocycles. The molecule has 0 aromatic heterocycles. The molecule has 1 rings (SSSR count). The zero-order valence-corrected chi connectivity index (χ0v) is 36.8. The highest BCUT2D eigenvalue weighted by Crippen LogP contribution is 2.23. The summed E-state index contributed by atoms with van der Waals surface area (Å²) in [5.41, 5.74) is 0. The van der Waals surface area contributed by atoms with E-state index >= 15 is 0 Å². The van der Waals surface area contributed by atoms with Gasteiger partial charge in [-0.25, -0.2) is 0 Å². The summed E-state index contributed by atoms with van der Waals surface area (Å²) in [6.07, 6.45) is 37.1. The SMILES string of the molecule is CCCCC/C=C\C/C=C\CCCCCCCCCCCC(=O)OC(COC(=O)CCCCCCC/C=C\CCCCCCC)COC1OC(CO)C(O)C(O)C1O. The lowest BCUT2D eigenvalue weighted by molar-refractivity contribution is -0.305. The molecule has 0 aromatic rings. The van der Waals surface area contributed by atoms with Gasteiger partial charge >= 0.3 is 11.9 Å². The van der Waals surface area contributed by atoms with Crippen LogP contribution in [0.25, 0.3) is 0 Å². The van der Waals surface area contributed by atoms with Crippen LogP contribution in [-0.4, -0.2) is 89.0 Å². The molecule has 1 heterocycles. The van der Waals surface area contributed by atoms with Crippen LogP contribution in [0.3, 0.4) is 0 Å². The molecule has 6 unspecified atom stereocenters. The van der Waals surface area contributed by atoms with Gasteiger partial charge in [-0.15, -0.1) is 0 Å². The molecule has 1 aliphatic heterocycles. The Labute approximate surface area is 353 Å². The fourth-order valence-corrected chi connectivity index (χ4v) is 6.98. The van der Waals surface area contributed by atoms with Gasteiger partial charge in [-0.05, 0) is 70.6 Å². The molecule has 0 saturated carbocycles. The van der Waals surface area contributed by atoms with Gasteiger partial charge in [0.1, 0.15) is 31.0 Å². The number of esters is 2. The molecule has 1 fully saturated rings. The second kappa shape index (κ2) is 39.1. The van der Waals surface area contributed by atoms with Gasteiger partial charge in [-0.2, -0.15) is 0 Å². The van der Waals surface area contributed by atoms with Crippen LogP contribution in [0.2, 0.25) is 0 Å². The molecule has 10 nitrogen and oxygen atoms in total. The molecular weight excluding hydrogens is 737 g/mol. The highest BCUT2D eigenvalue weighted by Gasteiger charge is 2.44. The number of aliphatic hydroxyl groups excluding tert-OH is 4. The summed E-state index contributed by atoms with van der Waals surface area (Å²) in [6, 6.07) is 0. The number of carbonyl (C=O) groups is 2. The van der Waals surface area contributed by atoms with E-state index in [4.69, 9.17) is 18.9 Å². The van der Waals surface area contributed by atoms with Gasteiger partial charge in [-0.3, -0.25) is 9.59 Å². The summed E-state index contributed by atoms with van der Waals surface area (Å²) in [5.74, 6) is -0.818. The number of carbonyl (C=O) groups excluding carboxylic acids is 2. The summed E-state index contributed by atoms with van der Waals surface area (Å²) in [7, 11) is 0. The maximum atomic E-state index is 12.8. The predicted octanol–water partition coefficient (Wildman–Crippen LogP) is 10.3. The minimum atomic E-state index is -1.60. The first-order valence-corrected chi connectivity index (χ1v) is 23.6. The number of rotatable bonds is 39. The van der Waals surface area contributed by atoms with Gasteiger partial charge in [0, 0.05) is 12.8 Å². The molecule has 338 valence electrons. The zero-order valence-electron chi connectivity index (χ0n) is 36.8. The van der Waals surface area contributed by atoms with Crippen LogP contribution in [0.5, 0.6) is 0 Å². The Balaban J connectivity index is 2.31. The monoisotopic (exact) mass is 823 g/mol. The lowest BCUT2D eigenvalue weighted by Gasteiger charge is -2.39. The van der Waals surface area contributed by atoms with Crippen molar-refractivity contribution >= 4 is 11.9 Å². The van der Waals surface area contributed by atoms with Crippen molar-refractivity contribution < 1.29 is 49.0 Å². The van der Waals surface area contributed by atoms with E-state index in [0.29, 0.717) is 12.8 Å². The average molecular weight is 823 g/mol. The van der Waals surface area contributed by atoms with Crippen molar-refractivity contribution in [2.45, 2.75) is 237 Å². The highest BCUT2D eigenvalue weighted by molar-refractivity contribution is 5.70. The molecule has 0 amide bonds. The first-order chi connectivity index (χ1) is 28.3. The van der Waals surface area contributed by atoms with Gasteiger partial charge in [0.25, 0.3) is 0 Å². The Morgan fingerprint density at radius 2 is 0.966 bits per heavy atom.